The van der Waals surface area contributed by atoms with Crippen LogP contribution in [0.25, 0.3) is 5.69 Å². The van der Waals surface area contributed by atoms with Crippen molar-refractivity contribution in [1.82, 2.24) is 20.1 Å². The van der Waals surface area contributed by atoms with Crippen molar-refractivity contribution in [2.75, 3.05) is 6.61 Å². The largest absolute Gasteiger partial charge is 0.452 e. The molecule has 24 heavy (non-hydrogen) atoms. The van der Waals surface area contributed by atoms with Gasteiger partial charge in [0.25, 0.3) is 5.91 Å². The predicted molar refractivity (Wildman–Crippen MR) is 86.7 cm³/mol. The molecule has 126 valence electrons. The molecule has 1 N–H and O–H groups in total. The van der Waals surface area contributed by atoms with E-state index in [1.54, 1.807) is 35.3 Å². The van der Waals surface area contributed by atoms with Gasteiger partial charge in [-0.15, -0.1) is 0 Å². The van der Waals surface area contributed by atoms with Crippen LogP contribution in [0.15, 0.2) is 36.9 Å². The zero-order valence-electron chi connectivity index (χ0n) is 13.4. The van der Waals surface area contributed by atoms with Crippen LogP contribution in [0.1, 0.15) is 42.5 Å². The van der Waals surface area contributed by atoms with E-state index < -0.39 is 5.97 Å². The molecule has 1 aliphatic carbocycles. The SMILES string of the molecule is O=C(COC(=O)c1ccc(-n2cncn2)cc1)NC1CCCCC1. The van der Waals surface area contributed by atoms with E-state index >= 15 is 0 Å². The summed E-state index contributed by atoms with van der Waals surface area (Å²) in [5.41, 5.74) is 1.18. The maximum atomic E-state index is 12.0. The highest BCUT2D eigenvalue weighted by Gasteiger charge is 2.17. The quantitative estimate of drug-likeness (QED) is 0.847. The van der Waals surface area contributed by atoms with Gasteiger partial charge in [0, 0.05) is 6.04 Å². The number of rotatable bonds is 5. The average Bonchev–Trinajstić information content (AvgIpc) is 3.15. The number of esters is 1. The number of ether oxygens (including phenoxy) is 1. The molecule has 1 fully saturated rings. The number of carbonyl (C=O) groups is 2. The lowest BCUT2D eigenvalue weighted by molar-refractivity contribution is -0.125. The van der Waals surface area contributed by atoms with Crippen molar-refractivity contribution in [2.24, 2.45) is 0 Å². The number of nitrogens with one attached hydrogen (secondary N) is 1. The summed E-state index contributed by atoms with van der Waals surface area (Å²) >= 11 is 0. The Morgan fingerprint density at radius 1 is 1.17 bits per heavy atom. The van der Waals surface area contributed by atoms with Gasteiger partial charge in [0.1, 0.15) is 12.7 Å². The normalized spacial score (nSPS) is 15.0. The summed E-state index contributed by atoms with van der Waals surface area (Å²) in [7, 11) is 0. The van der Waals surface area contributed by atoms with Gasteiger partial charge in [-0.05, 0) is 37.1 Å². The minimum atomic E-state index is -0.515. The third kappa shape index (κ3) is 4.18. The van der Waals surface area contributed by atoms with Crippen molar-refractivity contribution in [3.8, 4) is 5.69 Å². The molecule has 0 saturated heterocycles. The molecule has 0 bridgehead atoms. The number of hydrogen-bond acceptors (Lipinski definition) is 5. The number of benzene rings is 1. The Kier molecular flexibility index (Phi) is 5.20. The van der Waals surface area contributed by atoms with E-state index in [0.29, 0.717) is 5.56 Å². The van der Waals surface area contributed by atoms with Crippen molar-refractivity contribution in [1.29, 1.82) is 0 Å². The molecule has 1 amide bonds. The second-order valence-electron chi connectivity index (χ2n) is 5.87. The zero-order valence-corrected chi connectivity index (χ0v) is 13.4. The predicted octanol–water partition coefficient (Wildman–Crippen LogP) is 1.87. The van der Waals surface area contributed by atoms with Crippen molar-refractivity contribution in [3.05, 3.63) is 42.5 Å². The molecular formula is C17H20N4O3. The van der Waals surface area contributed by atoms with Gasteiger partial charge in [0.15, 0.2) is 6.61 Å². The molecule has 3 rings (SSSR count). The van der Waals surface area contributed by atoms with Gasteiger partial charge < -0.3 is 10.1 Å². The lowest BCUT2D eigenvalue weighted by atomic mass is 9.95. The van der Waals surface area contributed by atoms with Gasteiger partial charge in [0.2, 0.25) is 0 Å². The monoisotopic (exact) mass is 328 g/mol. The number of nitrogens with zero attached hydrogens (tertiary/aromatic N) is 3. The molecule has 1 heterocycles. The fourth-order valence-electron chi connectivity index (χ4n) is 2.82. The van der Waals surface area contributed by atoms with Crippen LogP contribution in [0.4, 0.5) is 0 Å². The highest BCUT2D eigenvalue weighted by Crippen LogP contribution is 2.17. The molecule has 1 aromatic carbocycles. The first-order valence-corrected chi connectivity index (χ1v) is 8.14. The van der Waals surface area contributed by atoms with Crippen molar-refractivity contribution in [2.45, 2.75) is 38.1 Å². The number of amides is 1. The Balaban J connectivity index is 1.48. The second kappa shape index (κ2) is 7.72. The standard InChI is InChI=1S/C17H20N4O3/c22-16(20-14-4-2-1-3-5-14)10-24-17(23)13-6-8-15(9-7-13)21-12-18-11-19-21/h6-9,11-12,14H,1-5,10H2,(H,20,22). The molecule has 2 aromatic rings. The third-order valence-electron chi connectivity index (χ3n) is 4.09. The molecule has 1 saturated carbocycles. The molecule has 0 unspecified atom stereocenters. The summed E-state index contributed by atoms with van der Waals surface area (Å²) in [5.74, 6) is -0.756. The Labute approximate surface area is 140 Å². The lowest BCUT2D eigenvalue weighted by Gasteiger charge is -2.22. The fourth-order valence-corrected chi connectivity index (χ4v) is 2.82. The maximum Gasteiger partial charge on any atom is 0.338 e. The van der Waals surface area contributed by atoms with Crippen LogP contribution in [-0.2, 0) is 9.53 Å². The van der Waals surface area contributed by atoms with Gasteiger partial charge >= 0.3 is 5.97 Å². The summed E-state index contributed by atoms with van der Waals surface area (Å²) in [6.45, 7) is -0.250. The minimum Gasteiger partial charge on any atom is -0.452 e. The van der Waals surface area contributed by atoms with Crippen LogP contribution in [0, 0.1) is 0 Å². The Morgan fingerprint density at radius 3 is 2.58 bits per heavy atom. The molecule has 0 spiro atoms. The Bertz CT molecular complexity index is 676. The van der Waals surface area contributed by atoms with E-state index in [9.17, 15) is 9.59 Å². The zero-order chi connectivity index (χ0) is 16.8. The van der Waals surface area contributed by atoms with Gasteiger partial charge in [-0.1, -0.05) is 19.3 Å². The summed E-state index contributed by atoms with van der Waals surface area (Å²) in [5, 5.41) is 6.93. The molecule has 1 aromatic heterocycles. The molecule has 7 heteroatoms. The van der Waals surface area contributed by atoms with E-state index in [2.05, 4.69) is 15.4 Å². The highest BCUT2D eigenvalue weighted by atomic mass is 16.5. The second-order valence-corrected chi connectivity index (χ2v) is 5.87. The molecule has 7 nitrogen and oxygen atoms in total. The summed E-state index contributed by atoms with van der Waals surface area (Å²) in [6, 6.07) is 6.98. The third-order valence-corrected chi connectivity index (χ3v) is 4.09. The Morgan fingerprint density at radius 2 is 1.92 bits per heavy atom. The summed E-state index contributed by atoms with van der Waals surface area (Å²) < 4.78 is 6.67. The first-order valence-electron chi connectivity index (χ1n) is 8.14. The van der Waals surface area contributed by atoms with Crippen LogP contribution in [0.3, 0.4) is 0 Å². The first kappa shape index (κ1) is 16.2. The van der Waals surface area contributed by atoms with Gasteiger partial charge in [-0.25, -0.2) is 14.5 Å². The number of hydrogen-bond donors (Lipinski definition) is 1. The van der Waals surface area contributed by atoms with E-state index in [0.717, 1.165) is 31.4 Å². The van der Waals surface area contributed by atoms with E-state index in [1.807, 2.05) is 0 Å². The smallest absolute Gasteiger partial charge is 0.338 e. The van der Waals surface area contributed by atoms with Crippen molar-refractivity contribution in [3.63, 3.8) is 0 Å². The van der Waals surface area contributed by atoms with Crippen LogP contribution >= 0.6 is 0 Å². The number of aromatic nitrogens is 3. The topological polar surface area (TPSA) is 86.1 Å². The van der Waals surface area contributed by atoms with Gasteiger partial charge in [0.05, 0.1) is 11.3 Å². The van der Waals surface area contributed by atoms with E-state index in [-0.39, 0.29) is 18.6 Å². The molecule has 0 radical (unpaired) electrons. The van der Waals surface area contributed by atoms with Crippen LogP contribution < -0.4 is 5.32 Å². The van der Waals surface area contributed by atoms with Gasteiger partial charge in [-0.3, -0.25) is 4.79 Å². The van der Waals surface area contributed by atoms with Crippen molar-refractivity contribution >= 4 is 11.9 Å². The van der Waals surface area contributed by atoms with E-state index in [1.165, 1.54) is 12.7 Å². The molecular weight excluding hydrogens is 308 g/mol. The highest BCUT2D eigenvalue weighted by molar-refractivity contribution is 5.91. The summed E-state index contributed by atoms with van der Waals surface area (Å²) in [6.07, 6.45) is 8.53. The van der Waals surface area contributed by atoms with Crippen LogP contribution in [0.2, 0.25) is 0 Å². The first-order chi connectivity index (χ1) is 11.7. The summed E-state index contributed by atoms with van der Waals surface area (Å²) in [4.78, 5) is 27.7. The Hall–Kier alpha value is -2.70. The lowest BCUT2D eigenvalue weighted by Crippen LogP contribution is -2.38. The van der Waals surface area contributed by atoms with E-state index in [4.69, 9.17) is 4.74 Å². The number of carbonyl (C=O) groups excluding carboxylic acids is 2. The average molecular weight is 328 g/mol. The fraction of sp³-hybridized carbons (Fsp3) is 0.412. The molecule has 1 aliphatic rings. The molecule has 0 atom stereocenters. The van der Waals surface area contributed by atoms with Crippen LogP contribution in [-0.4, -0.2) is 39.3 Å². The maximum absolute atomic E-state index is 12.0. The molecule has 0 aliphatic heterocycles. The van der Waals surface area contributed by atoms with Crippen molar-refractivity contribution < 1.29 is 14.3 Å². The van der Waals surface area contributed by atoms with Crippen LogP contribution in [0.5, 0.6) is 0 Å². The van der Waals surface area contributed by atoms with Gasteiger partial charge in [-0.2, -0.15) is 5.10 Å². The minimum absolute atomic E-state index is 0.215.